The molecule has 202 valence electrons. The van der Waals surface area contributed by atoms with Gasteiger partial charge in [0, 0.05) is 17.9 Å². The maximum atomic E-state index is 13.6. The third-order valence-corrected chi connectivity index (χ3v) is 7.16. The molecule has 1 atom stereocenters. The molecule has 1 fully saturated rings. The molecule has 0 spiro atoms. The Morgan fingerprint density at radius 2 is 1.79 bits per heavy atom. The number of aliphatic imine (C=N–C) groups is 1. The van der Waals surface area contributed by atoms with Gasteiger partial charge in [-0.05, 0) is 60.0 Å². The quantitative estimate of drug-likeness (QED) is 0.452. The fourth-order valence-corrected chi connectivity index (χ4v) is 4.95. The molecule has 0 radical (unpaired) electrons. The van der Waals surface area contributed by atoms with Crippen LogP contribution in [0, 0.1) is 5.82 Å². The van der Waals surface area contributed by atoms with Gasteiger partial charge in [-0.25, -0.2) is 4.39 Å². The monoisotopic (exact) mass is 549 g/mol. The van der Waals surface area contributed by atoms with Crippen LogP contribution in [-0.4, -0.2) is 54.1 Å². The topological polar surface area (TPSA) is 77.5 Å². The molecule has 39 heavy (non-hydrogen) atoms. The molecule has 0 unspecified atom stereocenters. The van der Waals surface area contributed by atoms with Gasteiger partial charge in [-0.1, -0.05) is 42.8 Å². The van der Waals surface area contributed by atoms with Crippen molar-refractivity contribution in [1.82, 2.24) is 9.80 Å². The molecule has 1 saturated heterocycles. The van der Waals surface area contributed by atoms with E-state index in [1.54, 1.807) is 7.11 Å². The van der Waals surface area contributed by atoms with Crippen molar-refractivity contribution in [2.24, 2.45) is 4.99 Å². The lowest BCUT2D eigenvalue weighted by atomic mass is 10.1. The first-order valence-corrected chi connectivity index (χ1v) is 13.1. The molecule has 2 amide bonds. The van der Waals surface area contributed by atoms with E-state index in [-0.39, 0.29) is 17.4 Å². The van der Waals surface area contributed by atoms with E-state index < -0.39 is 17.8 Å². The predicted octanol–water partition coefficient (Wildman–Crippen LogP) is 4.88. The summed E-state index contributed by atoms with van der Waals surface area (Å²) in [5, 5.41) is 2.69. The number of guanidine groups is 1. The Hall–Kier alpha value is -3.95. The van der Waals surface area contributed by atoms with E-state index in [4.69, 9.17) is 16.3 Å². The van der Waals surface area contributed by atoms with E-state index >= 15 is 0 Å². The molecule has 2 aliphatic rings. The number of carbonyl (C=O) groups excluding carboxylic acids is 2. The molecule has 3 aromatic rings. The van der Waals surface area contributed by atoms with Crippen molar-refractivity contribution in [1.29, 1.82) is 0 Å². The molecule has 1 N–H and O–H groups in total. The summed E-state index contributed by atoms with van der Waals surface area (Å²) < 4.78 is 18.9. The number of methoxy groups -OCH3 is 1. The van der Waals surface area contributed by atoms with Crippen molar-refractivity contribution in [2.75, 3.05) is 30.7 Å². The third-order valence-electron chi connectivity index (χ3n) is 6.87. The highest BCUT2D eigenvalue weighted by Gasteiger charge is 2.41. The van der Waals surface area contributed by atoms with Crippen LogP contribution < -0.4 is 15.0 Å². The summed E-state index contributed by atoms with van der Waals surface area (Å²) in [6, 6.07) is 19.1. The van der Waals surface area contributed by atoms with Gasteiger partial charge in [0.1, 0.15) is 17.6 Å². The standard InChI is InChI=1S/C29H29ClFN5O3/c1-3-19-4-9-22(10-5-19)35-17-34(16-20-6-11-23(39-2)12-7-20)18-36-26(15-27(37)33-29(35)36)28(38)32-21-8-13-25(31)24(30)14-21/h4-14,26H,3,15-18H2,1-2H3,(H,32,38)/t26-/m1/s1. The van der Waals surface area contributed by atoms with Crippen molar-refractivity contribution in [3.8, 4) is 5.75 Å². The number of aryl methyl sites for hydroxylation is 1. The number of amides is 2. The van der Waals surface area contributed by atoms with Crippen molar-refractivity contribution in [3.05, 3.63) is 88.7 Å². The molecule has 0 bridgehead atoms. The largest absolute Gasteiger partial charge is 0.497 e. The summed E-state index contributed by atoms with van der Waals surface area (Å²) >= 11 is 5.91. The first-order valence-electron chi connectivity index (χ1n) is 12.7. The number of carbonyl (C=O) groups is 2. The van der Waals surface area contributed by atoms with Crippen molar-refractivity contribution in [2.45, 2.75) is 32.4 Å². The Kier molecular flexibility index (Phi) is 7.81. The van der Waals surface area contributed by atoms with Crippen LogP contribution in [0.1, 0.15) is 24.5 Å². The minimum Gasteiger partial charge on any atom is -0.497 e. The van der Waals surface area contributed by atoms with Crippen LogP contribution >= 0.6 is 11.6 Å². The normalized spacial score (nSPS) is 17.5. The molecule has 8 nitrogen and oxygen atoms in total. The van der Waals surface area contributed by atoms with Gasteiger partial charge in [-0.3, -0.25) is 19.4 Å². The second-order valence-electron chi connectivity index (χ2n) is 9.52. The van der Waals surface area contributed by atoms with Gasteiger partial charge < -0.3 is 15.0 Å². The fraction of sp³-hybridized carbons (Fsp3) is 0.276. The maximum Gasteiger partial charge on any atom is 0.251 e. The van der Waals surface area contributed by atoms with E-state index in [0.29, 0.717) is 31.5 Å². The summed E-state index contributed by atoms with van der Waals surface area (Å²) in [5.74, 6) is -0.148. The Balaban J connectivity index is 1.46. The number of nitrogens with one attached hydrogen (secondary N) is 1. The third kappa shape index (κ3) is 5.89. The molecule has 0 aliphatic carbocycles. The van der Waals surface area contributed by atoms with Gasteiger partial charge in [0.05, 0.1) is 31.9 Å². The van der Waals surface area contributed by atoms with Gasteiger partial charge in [0.2, 0.25) is 11.9 Å². The van der Waals surface area contributed by atoms with Crippen LogP contribution in [-0.2, 0) is 22.6 Å². The highest BCUT2D eigenvalue weighted by molar-refractivity contribution is 6.31. The van der Waals surface area contributed by atoms with Crippen LogP contribution in [0.2, 0.25) is 5.02 Å². The maximum absolute atomic E-state index is 13.6. The second-order valence-corrected chi connectivity index (χ2v) is 9.93. The first-order chi connectivity index (χ1) is 18.8. The summed E-state index contributed by atoms with van der Waals surface area (Å²) in [7, 11) is 1.63. The zero-order chi connectivity index (χ0) is 27.5. The van der Waals surface area contributed by atoms with Crippen molar-refractivity contribution in [3.63, 3.8) is 0 Å². The Labute approximate surface area is 231 Å². The Morgan fingerprint density at radius 1 is 1.08 bits per heavy atom. The highest BCUT2D eigenvalue weighted by Crippen LogP contribution is 2.28. The second kappa shape index (κ2) is 11.4. The number of fused-ring (bicyclic) bond motifs is 1. The number of benzene rings is 3. The van der Waals surface area contributed by atoms with E-state index in [9.17, 15) is 14.0 Å². The Morgan fingerprint density at radius 3 is 2.46 bits per heavy atom. The number of rotatable bonds is 7. The highest BCUT2D eigenvalue weighted by atomic mass is 35.5. The molecule has 2 heterocycles. The number of halogens is 2. The van der Waals surface area contributed by atoms with E-state index in [1.807, 2.05) is 46.2 Å². The molecule has 0 saturated carbocycles. The number of ether oxygens (including phenoxy) is 1. The zero-order valence-corrected chi connectivity index (χ0v) is 22.5. The average Bonchev–Trinajstić information content (AvgIpc) is 2.95. The lowest BCUT2D eigenvalue weighted by molar-refractivity contribution is -0.127. The average molecular weight is 550 g/mol. The smallest absolute Gasteiger partial charge is 0.251 e. The zero-order valence-electron chi connectivity index (χ0n) is 21.7. The fourth-order valence-electron chi connectivity index (χ4n) is 4.77. The van der Waals surface area contributed by atoms with Crippen LogP contribution in [0.25, 0.3) is 0 Å². The van der Waals surface area contributed by atoms with Crippen molar-refractivity contribution < 1.29 is 18.7 Å². The van der Waals surface area contributed by atoms with E-state index in [0.717, 1.165) is 23.4 Å². The lowest BCUT2D eigenvalue weighted by Gasteiger charge is -2.48. The predicted molar refractivity (Wildman–Crippen MR) is 149 cm³/mol. The van der Waals surface area contributed by atoms with Gasteiger partial charge in [0.15, 0.2) is 0 Å². The molecule has 10 heteroatoms. The summed E-state index contributed by atoms with van der Waals surface area (Å²) in [6.07, 6.45) is 0.828. The van der Waals surface area contributed by atoms with Crippen LogP contribution in [0.4, 0.5) is 15.8 Å². The minimum absolute atomic E-state index is 0.0801. The molecule has 3 aromatic carbocycles. The van der Waals surface area contributed by atoms with Crippen LogP contribution in [0.15, 0.2) is 71.7 Å². The van der Waals surface area contributed by atoms with Crippen molar-refractivity contribution >= 4 is 40.7 Å². The number of nitrogens with zero attached hydrogens (tertiary/aromatic N) is 4. The minimum atomic E-state index is -0.815. The lowest BCUT2D eigenvalue weighted by Crippen LogP contribution is -2.65. The van der Waals surface area contributed by atoms with Crippen LogP contribution in [0.5, 0.6) is 5.75 Å². The van der Waals surface area contributed by atoms with Gasteiger partial charge >= 0.3 is 0 Å². The van der Waals surface area contributed by atoms with Gasteiger partial charge in [-0.15, -0.1) is 0 Å². The SMILES string of the molecule is CCc1ccc(N2CN(Cc3ccc(OC)cc3)CN3C2=NC(=O)C[C@@H]3C(=O)Nc2ccc(F)c(Cl)c2)cc1. The molecule has 0 aromatic heterocycles. The van der Waals surface area contributed by atoms with Gasteiger partial charge in [-0.2, -0.15) is 4.99 Å². The van der Waals surface area contributed by atoms with Gasteiger partial charge in [0.25, 0.3) is 5.91 Å². The number of anilines is 2. The van der Waals surface area contributed by atoms with E-state index in [1.165, 1.54) is 23.8 Å². The summed E-state index contributed by atoms with van der Waals surface area (Å²) in [4.78, 5) is 36.6. The number of hydrogen-bond donors (Lipinski definition) is 1. The molecule has 2 aliphatic heterocycles. The van der Waals surface area contributed by atoms with Crippen LogP contribution in [0.3, 0.4) is 0 Å². The summed E-state index contributed by atoms with van der Waals surface area (Å²) in [6.45, 7) is 3.55. The summed E-state index contributed by atoms with van der Waals surface area (Å²) in [5.41, 5.74) is 3.49. The Bertz CT molecular complexity index is 1400. The molecular weight excluding hydrogens is 521 g/mol. The molecular formula is C29H29ClFN5O3. The molecule has 5 rings (SSSR count). The number of hydrogen-bond acceptors (Lipinski definition) is 6. The first kappa shape index (κ1) is 26.6. The van der Waals surface area contributed by atoms with E-state index in [2.05, 4.69) is 34.3 Å².